The Bertz CT molecular complexity index is 680. The van der Waals surface area contributed by atoms with Crippen molar-refractivity contribution in [3.63, 3.8) is 0 Å². The summed E-state index contributed by atoms with van der Waals surface area (Å²) < 4.78 is 13.0. The Kier molecular flexibility index (Phi) is 4.30. The third-order valence-electron chi connectivity index (χ3n) is 3.05. The molecule has 1 aromatic carbocycles. The number of aryl methyl sites for hydroxylation is 1. The molecule has 5 heteroatoms. The Balaban J connectivity index is 1.95. The maximum absolute atomic E-state index is 13.0. The first kappa shape index (κ1) is 14.0. The topological polar surface area (TPSA) is 62.0 Å². The second-order valence-electron chi connectivity index (χ2n) is 4.50. The number of hydrogen-bond acceptors (Lipinski definition) is 2. The smallest absolute Gasteiger partial charge is 0.256 e. The first-order chi connectivity index (χ1) is 9.58. The van der Waals surface area contributed by atoms with E-state index in [-0.39, 0.29) is 16.8 Å². The summed E-state index contributed by atoms with van der Waals surface area (Å²) in [6.07, 6.45) is 3.43. The van der Waals surface area contributed by atoms with Gasteiger partial charge in [-0.2, -0.15) is 0 Å². The van der Waals surface area contributed by atoms with E-state index in [0.29, 0.717) is 13.0 Å². The van der Waals surface area contributed by atoms with Crippen molar-refractivity contribution >= 4 is 5.91 Å². The lowest BCUT2D eigenvalue weighted by Crippen LogP contribution is -2.30. The average molecular weight is 274 g/mol. The van der Waals surface area contributed by atoms with Crippen molar-refractivity contribution in [1.82, 2.24) is 10.3 Å². The third-order valence-corrected chi connectivity index (χ3v) is 3.05. The van der Waals surface area contributed by atoms with Crippen molar-refractivity contribution in [1.29, 1.82) is 0 Å². The van der Waals surface area contributed by atoms with Crippen LogP contribution in [0.3, 0.4) is 0 Å². The van der Waals surface area contributed by atoms with Crippen LogP contribution in [0, 0.1) is 12.7 Å². The molecular weight excluding hydrogens is 259 g/mol. The fraction of sp³-hybridized carbons (Fsp3) is 0.200. The largest absolute Gasteiger partial charge is 0.367 e. The van der Waals surface area contributed by atoms with Gasteiger partial charge in [0.25, 0.3) is 5.91 Å². The second-order valence-corrected chi connectivity index (χ2v) is 4.50. The molecule has 2 rings (SSSR count). The number of nitrogens with one attached hydrogen (secondary N) is 2. The Hall–Kier alpha value is -2.43. The molecule has 0 spiro atoms. The Labute approximate surface area is 115 Å². The molecule has 0 saturated carbocycles. The molecule has 0 unspecified atom stereocenters. The highest BCUT2D eigenvalue weighted by Crippen LogP contribution is 2.10. The monoisotopic (exact) mass is 274 g/mol. The van der Waals surface area contributed by atoms with Crippen LogP contribution in [-0.4, -0.2) is 17.4 Å². The summed E-state index contributed by atoms with van der Waals surface area (Å²) in [6, 6.07) is 5.86. The van der Waals surface area contributed by atoms with Crippen molar-refractivity contribution in [2.75, 3.05) is 6.54 Å². The van der Waals surface area contributed by atoms with E-state index >= 15 is 0 Å². The lowest BCUT2D eigenvalue weighted by molar-refractivity contribution is 0.0952. The van der Waals surface area contributed by atoms with Gasteiger partial charge in [-0.3, -0.25) is 9.59 Å². The Morgan fingerprint density at radius 1 is 1.35 bits per heavy atom. The Morgan fingerprint density at radius 3 is 2.85 bits per heavy atom. The van der Waals surface area contributed by atoms with Crippen molar-refractivity contribution in [2.24, 2.45) is 0 Å². The molecule has 0 radical (unpaired) electrons. The van der Waals surface area contributed by atoms with Crippen LogP contribution < -0.4 is 10.7 Å². The van der Waals surface area contributed by atoms with Gasteiger partial charge in [0, 0.05) is 25.0 Å². The van der Waals surface area contributed by atoms with Crippen LogP contribution in [-0.2, 0) is 6.42 Å². The molecule has 104 valence electrons. The SMILES string of the molecule is Cc1cc(F)ccc1CCNC(=O)c1c[nH]ccc1=O. The maximum Gasteiger partial charge on any atom is 0.256 e. The molecule has 1 aromatic heterocycles. The minimum Gasteiger partial charge on any atom is -0.367 e. The number of benzene rings is 1. The summed E-state index contributed by atoms with van der Waals surface area (Å²) in [4.78, 5) is 26.0. The van der Waals surface area contributed by atoms with Crippen molar-refractivity contribution in [2.45, 2.75) is 13.3 Å². The van der Waals surface area contributed by atoms with Crippen molar-refractivity contribution < 1.29 is 9.18 Å². The van der Waals surface area contributed by atoms with Gasteiger partial charge in [-0.25, -0.2) is 4.39 Å². The molecule has 0 saturated heterocycles. The van der Waals surface area contributed by atoms with E-state index in [4.69, 9.17) is 0 Å². The van der Waals surface area contributed by atoms with Gasteiger partial charge in [-0.05, 0) is 36.6 Å². The lowest BCUT2D eigenvalue weighted by atomic mass is 10.1. The summed E-state index contributed by atoms with van der Waals surface area (Å²) in [6.45, 7) is 2.21. The molecule has 1 heterocycles. The predicted octanol–water partition coefficient (Wildman–Crippen LogP) is 1.79. The molecule has 0 aliphatic rings. The average Bonchev–Trinajstić information content (AvgIpc) is 2.41. The fourth-order valence-electron chi connectivity index (χ4n) is 1.94. The summed E-state index contributed by atoms with van der Waals surface area (Å²) in [5.74, 6) is -0.683. The number of aromatic amines is 1. The van der Waals surface area contributed by atoms with E-state index in [1.807, 2.05) is 6.92 Å². The van der Waals surface area contributed by atoms with Gasteiger partial charge in [0.2, 0.25) is 0 Å². The van der Waals surface area contributed by atoms with Crippen molar-refractivity contribution in [3.8, 4) is 0 Å². The van der Waals surface area contributed by atoms with Gasteiger partial charge in [-0.1, -0.05) is 6.07 Å². The number of hydrogen-bond donors (Lipinski definition) is 2. The highest BCUT2D eigenvalue weighted by Gasteiger charge is 2.08. The quantitative estimate of drug-likeness (QED) is 0.893. The van der Waals surface area contributed by atoms with E-state index < -0.39 is 5.91 Å². The number of pyridine rings is 1. The Morgan fingerprint density at radius 2 is 2.15 bits per heavy atom. The predicted molar refractivity (Wildman–Crippen MR) is 74.2 cm³/mol. The van der Waals surface area contributed by atoms with E-state index in [9.17, 15) is 14.0 Å². The zero-order valence-corrected chi connectivity index (χ0v) is 11.1. The molecule has 1 amide bonds. The molecule has 20 heavy (non-hydrogen) atoms. The van der Waals surface area contributed by atoms with Gasteiger partial charge in [-0.15, -0.1) is 0 Å². The summed E-state index contributed by atoms with van der Waals surface area (Å²) in [5.41, 5.74) is 1.58. The zero-order chi connectivity index (χ0) is 14.5. The molecule has 0 atom stereocenters. The molecule has 0 bridgehead atoms. The van der Waals surface area contributed by atoms with Crippen LogP contribution in [0.5, 0.6) is 0 Å². The number of amides is 1. The van der Waals surface area contributed by atoms with Crippen LogP contribution in [0.25, 0.3) is 0 Å². The zero-order valence-electron chi connectivity index (χ0n) is 11.1. The number of H-pyrrole nitrogens is 1. The maximum atomic E-state index is 13.0. The third kappa shape index (κ3) is 3.32. The first-order valence-electron chi connectivity index (χ1n) is 6.28. The molecule has 2 aromatic rings. The number of aromatic nitrogens is 1. The number of rotatable bonds is 4. The summed E-state index contributed by atoms with van der Waals surface area (Å²) in [5, 5.41) is 2.68. The lowest BCUT2D eigenvalue weighted by Gasteiger charge is -2.07. The van der Waals surface area contributed by atoms with Gasteiger partial charge < -0.3 is 10.3 Å². The number of carbonyl (C=O) groups is 1. The van der Waals surface area contributed by atoms with E-state index in [2.05, 4.69) is 10.3 Å². The summed E-state index contributed by atoms with van der Waals surface area (Å²) >= 11 is 0. The normalized spacial score (nSPS) is 10.3. The van der Waals surface area contributed by atoms with Crippen LogP contribution in [0.2, 0.25) is 0 Å². The molecular formula is C15H15FN2O2. The van der Waals surface area contributed by atoms with E-state index in [0.717, 1.165) is 11.1 Å². The van der Waals surface area contributed by atoms with Crippen LogP contribution in [0.1, 0.15) is 21.5 Å². The minimum atomic E-state index is -0.411. The first-order valence-corrected chi connectivity index (χ1v) is 6.28. The van der Waals surface area contributed by atoms with Crippen molar-refractivity contribution in [3.05, 3.63) is 69.4 Å². The number of halogens is 1. The van der Waals surface area contributed by atoms with Gasteiger partial charge >= 0.3 is 0 Å². The fourth-order valence-corrected chi connectivity index (χ4v) is 1.94. The van der Waals surface area contributed by atoms with Gasteiger partial charge in [0.1, 0.15) is 11.4 Å². The van der Waals surface area contributed by atoms with Crippen LogP contribution in [0.15, 0.2) is 41.5 Å². The van der Waals surface area contributed by atoms with E-state index in [1.54, 1.807) is 6.07 Å². The van der Waals surface area contributed by atoms with Gasteiger partial charge in [0.15, 0.2) is 5.43 Å². The van der Waals surface area contributed by atoms with Gasteiger partial charge in [0.05, 0.1) is 0 Å². The van der Waals surface area contributed by atoms with Crippen LogP contribution >= 0.6 is 0 Å². The highest BCUT2D eigenvalue weighted by atomic mass is 19.1. The van der Waals surface area contributed by atoms with E-state index in [1.165, 1.54) is 30.6 Å². The second kappa shape index (κ2) is 6.14. The molecule has 0 aliphatic carbocycles. The number of carbonyl (C=O) groups excluding carboxylic acids is 1. The molecule has 4 nitrogen and oxygen atoms in total. The van der Waals surface area contributed by atoms with Crippen LogP contribution in [0.4, 0.5) is 4.39 Å². The molecule has 0 fully saturated rings. The molecule has 2 N–H and O–H groups in total. The minimum absolute atomic E-state index is 0.0864. The highest BCUT2D eigenvalue weighted by molar-refractivity contribution is 5.93. The standard InChI is InChI=1S/C15H15FN2O2/c1-10-8-12(16)3-2-11(10)4-7-18-15(20)13-9-17-6-5-14(13)19/h2-3,5-6,8-9H,4,7H2,1H3,(H,17,19)(H,18,20). The summed E-state index contributed by atoms with van der Waals surface area (Å²) in [7, 11) is 0. The molecule has 0 aliphatic heterocycles.